The molecule has 37 heavy (non-hydrogen) atoms. The van der Waals surface area contributed by atoms with Gasteiger partial charge in [-0.1, -0.05) is 12.1 Å². The van der Waals surface area contributed by atoms with Crippen LogP contribution < -0.4 is 10.6 Å². The first-order valence-corrected chi connectivity index (χ1v) is 11.9. The third kappa shape index (κ3) is 5.30. The number of rotatable bonds is 4. The van der Waals surface area contributed by atoms with Crippen molar-refractivity contribution in [1.29, 1.82) is 0 Å². The molecule has 5 rings (SSSR count). The van der Waals surface area contributed by atoms with Gasteiger partial charge in [0.15, 0.2) is 0 Å². The number of amides is 3. The van der Waals surface area contributed by atoms with Gasteiger partial charge in [-0.2, -0.15) is 0 Å². The van der Waals surface area contributed by atoms with E-state index in [1.807, 2.05) is 32.9 Å². The second-order valence-electron chi connectivity index (χ2n) is 9.77. The van der Waals surface area contributed by atoms with E-state index in [0.717, 1.165) is 11.1 Å². The SMILES string of the molecule is CC(C)(C)OC(=O)N1CCc2cc(C(=O)Nc3nc4c(C(=O)Nc5ncc[nH]5)cccc4[nH]3)ccc2C1. The number of fused-ring (bicyclic) bond motifs is 2. The number of hydrogen-bond donors (Lipinski definition) is 4. The van der Waals surface area contributed by atoms with E-state index < -0.39 is 5.60 Å². The van der Waals surface area contributed by atoms with Crippen molar-refractivity contribution in [2.75, 3.05) is 17.2 Å². The number of aromatic amines is 2. The van der Waals surface area contributed by atoms with Gasteiger partial charge in [-0.3, -0.25) is 20.2 Å². The Hall–Kier alpha value is -4.67. The summed E-state index contributed by atoms with van der Waals surface area (Å²) < 4.78 is 5.48. The fourth-order valence-corrected chi connectivity index (χ4v) is 4.14. The van der Waals surface area contributed by atoms with Crippen LogP contribution in [0.5, 0.6) is 0 Å². The number of nitrogens with zero attached hydrogens (tertiary/aromatic N) is 3. The summed E-state index contributed by atoms with van der Waals surface area (Å²) in [7, 11) is 0. The Morgan fingerprint density at radius 1 is 1.03 bits per heavy atom. The topological polar surface area (TPSA) is 145 Å². The maximum Gasteiger partial charge on any atom is 0.410 e. The third-order valence-electron chi connectivity index (χ3n) is 5.85. The van der Waals surface area contributed by atoms with E-state index in [9.17, 15) is 14.4 Å². The smallest absolute Gasteiger partial charge is 0.410 e. The van der Waals surface area contributed by atoms with Crippen molar-refractivity contribution < 1.29 is 19.1 Å². The van der Waals surface area contributed by atoms with Gasteiger partial charge in [-0.25, -0.2) is 14.8 Å². The number of carbonyl (C=O) groups excluding carboxylic acids is 3. The first-order valence-electron chi connectivity index (χ1n) is 11.9. The number of hydrogen-bond acceptors (Lipinski definition) is 6. The Bertz CT molecular complexity index is 1480. The molecule has 0 fully saturated rings. The van der Waals surface area contributed by atoms with Crippen LogP contribution >= 0.6 is 0 Å². The first-order chi connectivity index (χ1) is 17.7. The summed E-state index contributed by atoms with van der Waals surface area (Å²) in [6.07, 6.45) is 3.42. The lowest BCUT2D eigenvalue weighted by molar-refractivity contribution is 0.0223. The van der Waals surface area contributed by atoms with Gasteiger partial charge in [0.25, 0.3) is 11.8 Å². The van der Waals surface area contributed by atoms with Gasteiger partial charge in [0, 0.05) is 31.0 Å². The molecule has 0 atom stereocenters. The molecule has 0 saturated carbocycles. The van der Waals surface area contributed by atoms with Crippen molar-refractivity contribution in [3.63, 3.8) is 0 Å². The Balaban J connectivity index is 1.29. The number of aromatic nitrogens is 4. The highest BCUT2D eigenvalue weighted by atomic mass is 16.6. The maximum absolute atomic E-state index is 13.0. The lowest BCUT2D eigenvalue weighted by atomic mass is 9.97. The molecular formula is C26H27N7O4. The number of carbonyl (C=O) groups is 3. The zero-order valence-corrected chi connectivity index (χ0v) is 20.7. The average molecular weight is 502 g/mol. The number of nitrogens with one attached hydrogen (secondary N) is 4. The molecule has 0 bridgehead atoms. The fraction of sp³-hybridized carbons (Fsp3) is 0.269. The third-order valence-corrected chi connectivity index (χ3v) is 5.85. The molecule has 11 heteroatoms. The van der Waals surface area contributed by atoms with Crippen LogP contribution in [-0.4, -0.2) is 54.9 Å². The monoisotopic (exact) mass is 501 g/mol. The van der Waals surface area contributed by atoms with Gasteiger partial charge in [0.2, 0.25) is 11.9 Å². The van der Waals surface area contributed by atoms with Crippen LogP contribution in [0.2, 0.25) is 0 Å². The van der Waals surface area contributed by atoms with Gasteiger partial charge in [0.05, 0.1) is 11.1 Å². The highest BCUT2D eigenvalue weighted by Gasteiger charge is 2.26. The number of anilines is 2. The minimum atomic E-state index is -0.556. The van der Waals surface area contributed by atoms with Gasteiger partial charge < -0.3 is 19.6 Å². The van der Waals surface area contributed by atoms with Crippen LogP contribution in [0.4, 0.5) is 16.7 Å². The largest absolute Gasteiger partial charge is 0.444 e. The fourth-order valence-electron chi connectivity index (χ4n) is 4.14. The predicted molar refractivity (Wildman–Crippen MR) is 137 cm³/mol. The Morgan fingerprint density at radius 2 is 1.84 bits per heavy atom. The number of para-hydroxylation sites is 1. The number of imidazole rings is 2. The van der Waals surface area contributed by atoms with E-state index in [1.54, 1.807) is 35.4 Å². The van der Waals surface area contributed by atoms with Gasteiger partial charge in [-0.05, 0) is 62.6 Å². The van der Waals surface area contributed by atoms with Crippen LogP contribution in [0, 0.1) is 0 Å². The van der Waals surface area contributed by atoms with Gasteiger partial charge in [0.1, 0.15) is 11.1 Å². The summed E-state index contributed by atoms with van der Waals surface area (Å²) in [6, 6.07) is 10.6. The Kier molecular flexibility index (Phi) is 6.12. The Labute approximate surface area is 212 Å². The van der Waals surface area contributed by atoms with Crippen LogP contribution in [0.15, 0.2) is 48.8 Å². The molecule has 1 aliphatic heterocycles. The number of H-pyrrole nitrogens is 2. The van der Waals surface area contributed by atoms with Gasteiger partial charge >= 0.3 is 6.09 Å². The average Bonchev–Trinajstić information content (AvgIpc) is 3.51. The molecule has 190 valence electrons. The molecule has 3 heterocycles. The lowest BCUT2D eigenvalue weighted by Crippen LogP contribution is -2.39. The van der Waals surface area contributed by atoms with Crippen molar-refractivity contribution in [3.05, 3.63) is 71.0 Å². The summed E-state index contributed by atoms with van der Waals surface area (Å²) >= 11 is 0. The molecule has 0 spiro atoms. The molecule has 2 aromatic heterocycles. The standard InChI is InChI=1S/C26H27N7O4/c1-26(2,3)37-25(36)33-12-9-15-13-16(7-8-17(15)14-33)21(34)31-24-29-19-6-4-5-18(20(19)30-24)22(35)32-23-27-10-11-28-23/h4-8,10-11,13H,9,12,14H2,1-3H3,(H2,27,28,32,35)(H2,29,30,31,34). The van der Waals surface area contributed by atoms with E-state index in [-0.39, 0.29) is 23.9 Å². The van der Waals surface area contributed by atoms with Gasteiger partial charge in [-0.15, -0.1) is 0 Å². The summed E-state index contributed by atoms with van der Waals surface area (Å²) in [6.45, 7) is 6.46. The molecule has 1 aliphatic rings. The number of ether oxygens (including phenoxy) is 1. The molecule has 0 aliphatic carbocycles. The Morgan fingerprint density at radius 3 is 2.59 bits per heavy atom. The summed E-state index contributed by atoms with van der Waals surface area (Å²) in [5.74, 6) is -0.155. The first kappa shape index (κ1) is 24.0. The van der Waals surface area contributed by atoms with Crippen molar-refractivity contribution in [1.82, 2.24) is 24.8 Å². The van der Waals surface area contributed by atoms with Crippen LogP contribution in [0.3, 0.4) is 0 Å². The highest BCUT2D eigenvalue weighted by molar-refractivity contribution is 6.11. The normalized spacial score (nSPS) is 13.2. The van der Waals surface area contributed by atoms with E-state index in [4.69, 9.17) is 4.74 Å². The van der Waals surface area contributed by atoms with E-state index >= 15 is 0 Å². The van der Waals surface area contributed by atoms with Crippen LogP contribution in [-0.2, 0) is 17.7 Å². The summed E-state index contributed by atoms with van der Waals surface area (Å²) in [5.41, 5.74) is 3.28. The molecular weight excluding hydrogens is 474 g/mol. The van der Waals surface area contributed by atoms with Crippen molar-refractivity contribution in [2.24, 2.45) is 0 Å². The molecule has 3 amide bonds. The minimum absolute atomic E-state index is 0.229. The zero-order valence-electron chi connectivity index (χ0n) is 20.7. The molecule has 0 unspecified atom stereocenters. The van der Waals surface area contributed by atoms with E-state index in [1.165, 1.54) is 6.20 Å². The summed E-state index contributed by atoms with van der Waals surface area (Å²) in [5, 5.41) is 5.46. The van der Waals surface area contributed by atoms with E-state index in [2.05, 4.69) is 30.6 Å². The van der Waals surface area contributed by atoms with Crippen LogP contribution in [0.25, 0.3) is 11.0 Å². The van der Waals surface area contributed by atoms with Crippen molar-refractivity contribution >= 4 is 40.8 Å². The number of benzene rings is 2. The molecule has 4 aromatic rings. The lowest BCUT2D eigenvalue weighted by Gasteiger charge is -2.31. The summed E-state index contributed by atoms with van der Waals surface area (Å²) in [4.78, 5) is 54.1. The molecule has 0 saturated heterocycles. The predicted octanol–water partition coefficient (Wildman–Crippen LogP) is 4.08. The minimum Gasteiger partial charge on any atom is -0.444 e. The molecule has 2 aromatic carbocycles. The molecule has 0 radical (unpaired) electrons. The highest BCUT2D eigenvalue weighted by Crippen LogP contribution is 2.24. The quantitative estimate of drug-likeness (QED) is 0.331. The van der Waals surface area contributed by atoms with Crippen molar-refractivity contribution in [2.45, 2.75) is 39.3 Å². The van der Waals surface area contributed by atoms with E-state index in [0.29, 0.717) is 47.6 Å². The second kappa shape index (κ2) is 9.41. The van der Waals surface area contributed by atoms with Crippen LogP contribution in [0.1, 0.15) is 52.6 Å². The zero-order chi connectivity index (χ0) is 26.2. The molecule has 4 N–H and O–H groups in total. The maximum atomic E-state index is 13.0. The van der Waals surface area contributed by atoms with Crippen molar-refractivity contribution in [3.8, 4) is 0 Å². The second-order valence-corrected chi connectivity index (χ2v) is 9.77. The molecule has 11 nitrogen and oxygen atoms in total.